The monoisotopic (exact) mass is 1160 g/mol. The summed E-state index contributed by atoms with van der Waals surface area (Å²) in [5, 5.41) is 11.8. The van der Waals surface area contributed by atoms with E-state index in [1.54, 1.807) is 0 Å². The summed E-state index contributed by atoms with van der Waals surface area (Å²) in [6, 6.07) is 92.0. The fourth-order valence-electron chi connectivity index (χ4n) is 11.5. The zero-order valence-electron chi connectivity index (χ0n) is 42.1. The number of aromatic nitrogens is 3. The Morgan fingerprint density at radius 1 is 0.286 bits per heavy atom. The summed E-state index contributed by atoms with van der Waals surface area (Å²) in [5.41, 5.74) is 18.4. The first-order chi connectivity index (χ1) is 37.6. The molecule has 0 bridgehead atoms. The zero-order chi connectivity index (χ0) is 50.4. The molecule has 3 heterocycles. The van der Waals surface area contributed by atoms with Crippen LogP contribution in [-0.4, -0.2) is 15.0 Å². The summed E-state index contributed by atoms with van der Waals surface area (Å²) in [4.78, 5) is 14.5. The minimum atomic E-state index is 0. The number of nitrogens with zero attached hydrogens (tertiary/aromatic N) is 3. The smallest absolute Gasteiger partial charge is 0.305 e. The minimum Gasteiger partial charge on any atom is -0.305 e. The van der Waals surface area contributed by atoms with Crippen LogP contribution < -0.4 is 0 Å². The van der Waals surface area contributed by atoms with Gasteiger partial charge in [-0.1, -0.05) is 209 Å². The minimum absolute atomic E-state index is 0. The standard InChI is InChI=1S/C73H48N3.Ir/c1-2-12-52(13-3-1)53-28-30-54(31-29-53)57-38-41-74-71(47-57)56-34-32-55(33-35-56)59-14-4-5-15-60(59)58-43-50(24-22-48-26-36-67-69(45-48)63-18-8-6-16-61(63)65-20-10-39-75-72(65)67)42-51(44-58)25-23-49-27-37-68-70(46-49)64-19-9-7-17-62(64)66-21-11-40-76-73(66)68;/h1-21,26-34,38-47H,22-25H2;/q-3;+3. The van der Waals surface area contributed by atoms with Gasteiger partial charge < -0.3 is 15.0 Å². The summed E-state index contributed by atoms with van der Waals surface area (Å²) in [7, 11) is 0. The molecule has 14 rings (SSSR count). The van der Waals surface area contributed by atoms with E-state index >= 15 is 0 Å². The van der Waals surface area contributed by atoms with Gasteiger partial charge in [0.25, 0.3) is 0 Å². The largest absolute Gasteiger partial charge is 3.00 e. The van der Waals surface area contributed by atoms with Crippen molar-refractivity contribution in [3.8, 4) is 55.8 Å². The normalized spacial score (nSPS) is 11.5. The van der Waals surface area contributed by atoms with Crippen molar-refractivity contribution in [2.75, 3.05) is 0 Å². The fourth-order valence-corrected chi connectivity index (χ4v) is 11.5. The van der Waals surface area contributed by atoms with Crippen LogP contribution in [0, 0.1) is 18.2 Å². The van der Waals surface area contributed by atoms with Crippen LogP contribution in [-0.2, 0) is 45.8 Å². The zero-order valence-corrected chi connectivity index (χ0v) is 44.5. The van der Waals surface area contributed by atoms with Gasteiger partial charge in [0, 0.05) is 18.6 Å². The van der Waals surface area contributed by atoms with Gasteiger partial charge in [-0.05, 0) is 114 Å². The number of fused-ring (bicyclic) bond motifs is 12. The summed E-state index contributed by atoms with van der Waals surface area (Å²) in [6.45, 7) is 0. The average Bonchev–Trinajstić information content (AvgIpc) is 3.53. The Morgan fingerprint density at radius 2 is 0.753 bits per heavy atom. The van der Waals surface area contributed by atoms with Gasteiger partial charge in [0.05, 0.1) is 0 Å². The van der Waals surface area contributed by atoms with E-state index < -0.39 is 0 Å². The molecule has 0 aliphatic heterocycles. The Labute approximate surface area is 462 Å². The molecule has 0 amide bonds. The molecular weight excluding hydrogens is 1110 g/mol. The molecular formula is C73H48IrN3. The van der Waals surface area contributed by atoms with Crippen LogP contribution in [0.2, 0.25) is 0 Å². The maximum absolute atomic E-state index is 4.84. The van der Waals surface area contributed by atoms with E-state index in [1.165, 1.54) is 82.4 Å². The second kappa shape index (κ2) is 20.7. The van der Waals surface area contributed by atoms with Gasteiger partial charge in [0.15, 0.2) is 0 Å². The van der Waals surface area contributed by atoms with E-state index in [9.17, 15) is 0 Å². The van der Waals surface area contributed by atoms with Gasteiger partial charge in [0.1, 0.15) is 0 Å². The first-order valence-corrected chi connectivity index (χ1v) is 26.2. The van der Waals surface area contributed by atoms with Crippen LogP contribution in [0.1, 0.15) is 22.3 Å². The Balaban J connectivity index is 0.00000566. The molecule has 0 fully saturated rings. The van der Waals surface area contributed by atoms with Gasteiger partial charge in [-0.15, -0.1) is 88.1 Å². The van der Waals surface area contributed by atoms with Crippen molar-refractivity contribution >= 4 is 64.9 Å². The Bertz CT molecular complexity index is 4260. The number of hydrogen-bond donors (Lipinski definition) is 0. The van der Waals surface area contributed by atoms with Crippen molar-refractivity contribution in [3.05, 3.63) is 283 Å². The quantitative estimate of drug-likeness (QED) is 0.0957. The maximum atomic E-state index is 4.84. The fraction of sp³-hybridized carbons (Fsp3) is 0.0548. The molecule has 364 valence electrons. The summed E-state index contributed by atoms with van der Waals surface area (Å²) in [6.07, 6.45) is 9.20. The van der Waals surface area contributed by atoms with E-state index in [4.69, 9.17) is 15.0 Å². The van der Waals surface area contributed by atoms with E-state index in [1.807, 2.05) is 30.7 Å². The molecule has 3 nitrogen and oxygen atoms in total. The summed E-state index contributed by atoms with van der Waals surface area (Å²) < 4.78 is 0. The second-order valence-corrected chi connectivity index (χ2v) is 19.9. The molecule has 0 atom stereocenters. The van der Waals surface area contributed by atoms with Crippen molar-refractivity contribution in [2.45, 2.75) is 25.7 Å². The predicted molar refractivity (Wildman–Crippen MR) is 316 cm³/mol. The Morgan fingerprint density at radius 3 is 1.31 bits per heavy atom. The number of benzene rings is 11. The molecule has 0 aliphatic rings. The molecule has 14 aromatic rings. The number of aryl methyl sites for hydroxylation is 4. The maximum Gasteiger partial charge on any atom is 3.00 e. The molecule has 3 aromatic heterocycles. The molecule has 0 saturated carbocycles. The molecule has 0 saturated heterocycles. The number of rotatable bonds is 11. The topological polar surface area (TPSA) is 38.7 Å². The molecule has 0 unspecified atom stereocenters. The van der Waals surface area contributed by atoms with Crippen molar-refractivity contribution in [1.82, 2.24) is 15.0 Å². The number of pyridine rings is 3. The van der Waals surface area contributed by atoms with Gasteiger partial charge in [-0.25, -0.2) is 0 Å². The van der Waals surface area contributed by atoms with E-state index in [2.05, 4.69) is 231 Å². The SMILES string of the molecule is [Ir+3].[c-]1cc(-c2ccccc2-c2cc(CCc3c[c-]c4c(c3)c3ccccc3c3cccnc43)cc(CCc3c[c-]c4c(c3)c3ccccc3c3cccnc43)c2)ccc1-c1cc(-c2ccc(-c3ccccc3)cc2)ccn1. The molecule has 0 N–H and O–H groups in total. The Hall–Kier alpha value is -8.92. The molecule has 11 aromatic carbocycles. The predicted octanol–water partition coefficient (Wildman–Crippen LogP) is 18.1. The van der Waals surface area contributed by atoms with Gasteiger partial charge >= 0.3 is 20.1 Å². The van der Waals surface area contributed by atoms with Crippen molar-refractivity contribution in [3.63, 3.8) is 0 Å². The second-order valence-electron chi connectivity index (χ2n) is 19.9. The molecule has 0 radical (unpaired) electrons. The van der Waals surface area contributed by atoms with Gasteiger partial charge in [0.2, 0.25) is 0 Å². The first kappa shape index (κ1) is 47.8. The van der Waals surface area contributed by atoms with Crippen LogP contribution in [0.4, 0.5) is 0 Å². The third-order valence-corrected chi connectivity index (χ3v) is 15.3. The molecule has 0 aliphatic carbocycles. The van der Waals surface area contributed by atoms with Crippen LogP contribution >= 0.6 is 0 Å². The molecule has 4 heteroatoms. The van der Waals surface area contributed by atoms with Crippen molar-refractivity contribution in [2.24, 2.45) is 0 Å². The third kappa shape index (κ3) is 9.16. The van der Waals surface area contributed by atoms with Crippen LogP contribution in [0.5, 0.6) is 0 Å². The van der Waals surface area contributed by atoms with Crippen molar-refractivity contribution in [1.29, 1.82) is 0 Å². The first-order valence-electron chi connectivity index (χ1n) is 26.2. The molecule has 77 heavy (non-hydrogen) atoms. The van der Waals surface area contributed by atoms with Gasteiger partial charge in [-0.3, -0.25) is 0 Å². The Kier molecular flexibility index (Phi) is 12.8. The summed E-state index contributed by atoms with van der Waals surface area (Å²) >= 11 is 0. The van der Waals surface area contributed by atoms with Crippen LogP contribution in [0.3, 0.4) is 0 Å². The third-order valence-electron chi connectivity index (χ3n) is 15.3. The average molecular weight is 1160 g/mol. The summed E-state index contributed by atoms with van der Waals surface area (Å²) in [5.74, 6) is 0. The van der Waals surface area contributed by atoms with Crippen molar-refractivity contribution < 1.29 is 20.1 Å². The number of hydrogen-bond acceptors (Lipinski definition) is 3. The van der Waals surface area contributed by atoms with Crippen LogP contribution in [0.15, 0.2) is 243 Å². The van der Waals surface area contributed by atoms with Crippen LogP contribution in [0.25, 0.3) is 121 Å². The molecule has 0 spiro atoms. The van der Waals surface area contributed by atoms with Gasteiger partial charge in [-0.2, -0.15) is 0 Å². The van der Waals surface area contributed by atoms with E-state index in [0.717, 1.165) is 86.2 Å². The van der Waals surface area contributed by atoms with E-state index in [0.29, 0.717) is 0 Å². The van der Waals surface area contributed by atoms with E-state index in [-0.39, 0.29) is 20.1 Å².